The highest BCUT2D eigenvalue weighted by atomic mass is 16.8. The van der Waals surface area contributed by atoms with Crippen LogP contribution in [-0.2, 0) is 0 Å². The molecule has 0 bridgehead atoms. The van der Waals surface area contributed by atoms with Crippen molar-refractivity contribution < 1.29 is 5.21 Å². The third-order valence-corrected chi connectivity index (χ3v) is 0.404. The Morgan fingerprint density at radius 2 is 1.88 bits per heavy atom. The molecule has 5 heteroatoms. The molecule has 0 aliphatic rings. The summed E-state index contributed by atoms with van der Waals surface area (Å²) in [6, 6.07) is 0. The molecule has 1 N–H and O–H groups in total. The van der Waals surface area contributed by atoms with Gasteiger partial charge in [-0.1, -0.05) is 0 Å². The zero-order valence-electron chi connectivity index (χ0n) is 4.31. The molecule has 0 fully saturated rings. The second-order valence-electron chi connectivity index (χ2n) is 1.15. The summed E-state index contributed by atoms with van der Waals surface area (Å²) in [7, 11) is 1.19. The zero-order valence-corrected chi connectivity index (χ0v) is 4.31. The van der Waals surface area contributed by atoms with Gasteiger partial charge in [0.05, 0.1) is 0 Å². The predicted octanol–water partition coefficient (Wildman–Crippen LogP) is 0.0762. The molecule has 0 heterocycles. The molecule has 0 saturated carbocycles. The summed E-state index contributed by atoms with van der Waals surface area (Å²) in [6.07, 6.45) is 1.57. The topological polar surface area (TPSA) is 72.8 Å². The van der Waals surface area contributed by atoms with Crippen LogP contribution in [0.4, 0.5) is 0 Å². The average Bonchev–Trinajstić information content (AvgIpc) is 1.61. The lowest BCUT2D eigenvalue weighted by atomic mass is 10.9. The molecule has 5 nitrogen and oxygen atoms in total. The van der Waals surface area contributed by atoms with Crippen LogP contribution in [0.25, 0.3) is 0 Å². The third kappa shape index (κ3) is 5.22. The van der Waals surface area contributed by atoms with Crippen LogP contribution in [0.15, 0.2) is 12.4 Å². The van der Waals surface area contributed by atoms with Crippen molar-refractivity contribution in [2.75, 3.05) is 7.05 Å². The maximum absolute atomic E-state index is 9.90. The molecule has 0 aromatic heterocycles. The molecular weight excluding hydrogens is 112 g/mol. The lowest BCUT2D eigenvalue weighted by molar-refractivity contribution is 0.0108. The first-order valence-corrected chi connectivity index (χ1v) is 1.86. The minimum atomic E-state index is -0.450. The number of rotatable bonds is 2. The molecule has 0 aliphatic heterocycles. The van der Waals surface area contributed by atoms with E-state index in [0.29, 0.717) is 11.3 Å². The molecule has 0 unspecified atom stereocenters. The number of hydroxylamine groups is 4. The van der Waals surface area contributed by atoms with Crippen molar-refractivity contribution in [3.63, 3.8) is 0 Å². The van der Waals surface area contributed by atoms with E-state index in [-0.39, 0.29) is 0 Å². The Bertz CT molecular complexity index is 70.6. The van der Waals surface area contributed by atoms with E-state index in [1.54, 1.807) is 0 Å². The van der Waals surface area contributed by atoms with Gasteiger partial charge in [0.1, 0.15) is 0 Å². The summed E-state index contributed by atoms with van der Waals surface area (Å²) in [5.41, 5.74) is 0. The molecule has 0 rings (SSSR count). The first-order valence-electron chi connectivity index (χ1n) is 1.86. The van der Waals surface area contributed by atoms with Crippen molar-refractivity contribution in [3.05, 3.63) is 22.8 Å². The summed E-state index contributed by atoms with van der Waals surface area (Å²) in [4.78, 5) is 0. The van der Waals surface area contributed by atoms with Crippen LogP contribution in [0.3, 0.4) is 0 Å². The largest absolute Gasteiger partial charge is 0.759 e. The Morgan fingerprint density at radius 1 is 1.38 bits per heavy atom. The van der Waals surface area contributed by atoms with E-state index in [0.717, 1.165) is 6.20 Å². The van der Waals surface area contributed by atoms with Crippen LogP contribution in [-0.4, -0.2) is 22.5 Å². The minimum absolute atomic E-state index is 0.390. The quantitative estimate of drug-likeness (QED) is 0.519. The van der Waals surface area contributed by atoms with Gasteiger partial charge in [-0.3, -0.25) is 5.21 Å². The molecule has 0 aliphatic carbocycles. The fourth-order valence-electron chi connectivity index (χ4n) is 0.151. The SMILES string of the molecule is CN([O-])/C=C\N([O-])O. The van der Waals surface area contributed by atoms with Crippen LogP contribution < -0.4 is 0 Å². The monoisotopic (exact) mass is 118 g/mol. The first-order chi connectivity index (χ1) is 3.63. The summed E-state index contributed by atoms with van der Waals surface area (Å²) >= 11 is 0. The van der Waals surface area contributed by atoms with Crippen LogP contribution in [0, 0.1) is 10.4 Å². The van der Waals surface area contributed by atoms with E-state index in [1.807, 2.05) is 0 Å². The van der Waals surface area contributed by atoms with Crippen molar-refractivity contribution in [1.82, 2.24) is 10.3 Å². The van der Waals surface area contributed by atoms with Gasteiger partial charge < -0.3 is 20.7 Å². The molecule has 0 spiro atoms. The van der Waals surface area contributed by atoms with E-state index < -0.39 is 5.23 Å². The Morgan fingerprint density at radius 3 is 2.00 bits per heavy atom. The molecule has 0 amide bonds. The van der Waals surface area contributed by atoms with Crippen molar-refractivity contribution in [3.8, 4) is 0 Å². The van der Waals surface area contributed by atoms with Gasteiger partial charge in [0.15, 0.2) is 0 Å². The predicted molar refractivity (Wildman–Crippen MR) is 27.3 cm³/mol. The molecule has 0 aromatic rings. The molecule has 0 radical (unpaired) electrons. The Hall–Kier alpha value is -0.780. The van der Waals surface area contributed by atoms with Crippen molar-refractivity contribution >= 4 is 0 Å². The molecule has 0 atom stereocenters. The second kappa shape index (κ2) is 3.25. The van der Waals surface area contributed by atoms with Gasteiger partial charge in [0.2, 0.25) is 0 Å². The maximum atomic E-state index is 9.90. The van der Waals surface area contributed by atoms with E-state index in [9.17, 15) is 10.4 Å². The zero-order chi connectivity index (χ0) is 6.57. The summed E-state index contributed by atoms with van der Waals surface area (Å²) in [5, 5.41) is 27.2. The summed E-state index contributed by atoms with van der Waals surface area (Å²) in [6.45, 7) is 0. The molecule has 0 saturated heterocycles. The minimum Gasteiger partial charge on any atom is -0.759 e. The highest BCUT2D eigenvalue weighted by Crippen LogP contribution is 1.81. The Kier molecular flexibility index (Phi) is 2.93. The summed E-state index contributed by atoms with van der Waals surface area (Å²) in [5.74, 6) is 0. The molecule has 0 aromatic carbocycles. The van der Waals surface area contributed by atoms with Crippen molar-refractivity contribution in [1.29, 1.82) is 0 Å². The molecule has 8 heavy (non-hydrogen) atoms. The highest BCUT2D eigenvalue weighted by Gasteiger charge is 1.66. The third-order valence-electron chi connectivity index (χ3n) is 0.404. The Balaban J connectivity index is 3.34. The van der Waals surface area contributed by atoms with Gasteiger partial charge in [0, 0.05) is 12.4 Å². The standard InChI is InChI=1S/C3H6N2O3/c1-4(6)2-3-5(7)8/h2-3,7H,1H3/q-2/b3-2-. The van der Waals surface area contributed by atoms with Gasteiger partial charge in [0.25, 0.3) is 0 Å². The van der Waals surface area contributed by atoms with E-state index >= 15 is 0 Å². The molecular formula is C3H6N2O3-2. The Labute approximate surface area is 46.5 Å². The maximum Gasteiger partial charge on any atom is 0.0297 e. The van der Waals surface area contributed by atoms with Crippen LogP contribution in [0.1, 0.15) is 0 Å². The number of hydrogen-bond donors (Lipinski definition) is 1. The average molecular weight is 118 g/mol. The molecule has 48 valence electrons. The van der Waals surface area contributed by atoms with Crippen LogP contribution >= 0.6 is 0 Å². The van der Waals surface area contributed by atoms with E-state index in [1.165, 1.54) is 7.05 Å². The van der Waals surface area contributed by atoms with Crippen LogP contribution in [0.2, 0.25) is 0 Å². The fourth-order valence-corrected chi connectivity index (χ4v) is 0.151. The lowest BCUT2D eigenvalue weighted by Gasteiger charge is -2.22. The van der Waals surface area contributed by atoms with Crippen LogP contribution in [0.5, 0.6) is 0 Å². The lowest BCUT2D eigenvalue weighted by Crippen LogP contribution is -2.03. The summed E-state index contributed by atoms with van der Waals surface area (Å²) < 4.78 is 0. The highest BCUT2D eigenvalue weighted by molar-refractivity contribution is 4.77. The van der Waals surface area contributed by atoms with E-state index in [4.69, 9.17) is 5.21 Å². The fraction of sp³-hybridized carbons (Fsp3) is 0.333. The second-order valence-corrected chi connectivity index (χ2v) is 1.15. The first kappa shape index (κ1) is 7.22. The van der Waals surface area contributed by atoms with Gasteiger partial charge in [-0.15, -0.1) is 0 Å². The van der Waals surface area contributed by atoms with E-state index in [2.05, 4.69) is 0 Å². The van der Waals surface area contributed by atoms with Gasteiger partial charge in [-0.2, -0.15) is 0 Å². The smallest absolute Gasteiger partial charge is 0.0297 e. The van der Waals surface area contributed by atoms with Crippen molar-refractivity contribution in [2.45, 2.75) is 0 Å². The normalized spacial score (nSPS) is 10.0. The van der Waals surface area contributed by atoms with Gasteiger partial charge in [-0.25, -0.2) is 0 Å². The van der Waals surface area contributed by atoms with Gasteiger partial charge in [-0.05, 0) is 7.05 Å². The van der Waals surface area contributed by atoms with Gasteiger partial charge >= 0.3 is 0 Å². The number of hydrogen-bond acceptors (Lipinski definition) is 5. The number of nitrogens with zero attached hydrogens (tertiary/aromatic N) is 2. The van der Waals surface area contributed by atoms with Crippen molar-refractivity contribution in [2.24, 2.45) is 0 Å².